The minimum absolute atomic E-state index is 0.403. The molecule has 0 atom stereocenters. The molecule has 0 aromatic carbocycles. The number of aromatic nitrogens is 1. The first-order valence-electron chi connectivity index (χ1n) is 5.39. The molecule has 2 N–H and O–H groups in total. The van der Waals surface area contributed by atoms with E-state index in [1.54, 1.807) is 0 Å². The maximum atomic E-state index is 5.73. The Kier molecular flexibility index (Phi) is 2.62. The summed E-state index contributed by atoms with van der Waals surface area (Å²) in [5, 5.41) is 1.32. The monoisotopic (exact) mass is 210 g/mol. The van der Waals surface area contributed by atoms with Crippen molar-refractivity contribution in [3.05, 3.63) is 15.6 Å². The van der Waals surface area contributed by atoms with Crippen molar-refractivity contribution in [2.24, 2.45) is 5.73 Å². The maximum absolute atomic E-state index is 5.73. The van der Waals surface area contributed by atoms with Crippen LogP contribution in [0.5, 0.6) is 0 Å². The molecule has 0 saturated heterocycles. The summed E-state index contributed by atoms with van der Waals surface area (Å²) >= 11 is 1.83. The van der Waals surface area contributed by atoms with E-state index >= 15 is 0 Å². The quantitative estimate of drug-likeness (QED) is 0.829. The normalized spacial score (nSPS) is 18.5. The Hall–Kier alpha value is -0.410. The number of thiazole rings is 1. The highest BCUT2D eigenvalue weighted by Gasteiger charge is 2.42. The van der Waals surface area contributed by atoms with Gasteiger partial charge in [-0.3, -0.25) is 0 Å². The van der Waals surface area contributed by atoms with Crippen LogP contribution in [-0.4, -0.2) is 4.98 Å². The van der Waals surface area contributed by atoms with Crippen molar-refractivity contribution in [2.75, 3.05) is 0 Å². The molecule has 1 aromatic rings. The van der Waals surface area contributed by atoms with E-state index < -0.39 is 0 Å². The van der Waals surface area contributed by atoms with Gasteiger partial charge in [0.05, 0.1) is 10.7 Å². The third kappa shape index (κ3) is 1.71. The summed E-state index contributed by atoms with van der Waals surface area (Å²) in [6.45, 7) is 5.16. The highest BCUT2D eigenvalue weighted by Crippen LogP contribution is 2.49. The van der Waals surface area contributed by atoms with Crippen molar-refractivity contribution >= 4 is 11.3 Å². The molecule has 1 aromatic heterocycles. The zero-order valence-corrected chi connectivity index (χ0v) is 9.78. The van der Waals surface area contributed by atoms with Crippen LogP contribution in [0.3, 0.4) is 0 Å². The highest BCUT2D eigenvalue weighted by molar-refractivity contribution is 7.12. The Balaban J connectivity index is 2.26. The Bertz CT molecular complexity index is 326. The van der Waals surface area contributed by atoms with Crippen molar-refractivity contribution in [3.63, 3.8) is 0 Å². The van der Waals surface area contributed by atoms with Gasteiger partial charge in [0.2, 0.25) is 0 Å². The lowest BCUT2D eigenvalue weighted by atomic mass is 10.1. The predicted octanol–water partition coefficient (Wildman–Crippen LogP) is 2.61. The molecule has 0 radical (unpaired) electrons. The van der Waals surface area contributed by atoms with Gasteiger partial charge in [0.15, 0.2) is 0 Å². The average molecular weight is 210 g/mol. The van der Waals surface area contributed by atoms with Gasteiger partial charge in [-0.05, 0) is 19.3 Å². The smallest absolute Gasteiger partial charge is 0.0990 e. The fraction of sp³-hybridized carbons (Fsp3) is 0.727. The van der Waals surface area contributed by atoms with Gasteiger partial charge in [-0.1, -0.05) is 20.3 Å². The number of nitrogens with two attached hydrogens (primary N) is 1. The van der Waals surface area contributed by atoms with Crippen LogP contribution in [-0.2, 0) is 18.4 Å². The Labute approximate surface area is 89.5 Å². The number of rotatable bonds is 4. The van der Waals surface area contributed by atoms with Crippen LogP contribution in [0.2, 0.25) is 0 Å². The molecule has 1 saturated carbocycles. The third-order valence-corrected chi connectivity index (χ3v) is 4.39. The first kappa shape index (κ1) is 10.1. The lowest BCUT2D eigenvalue weighted by molar-refractivity contribution is 0.760. The summed E-state index contributed by atoms with van der Waals surface area (Å²) in [6, 6.07) is 0. The molecule has 1 fully saturated rings. The van der Waals surface area contributed by atoms with E-state index in [9.17, 15) is 0 Å². The van der Waals surface area contributed by atoms with E-state index in [1.807, 2.05) is 11.3 Å². The summed E-state index contributed by atoms with van der Waals surface area (Å²) in [6.07, 6.45) is 4.85. The van der Waals surface area contributed by atoms with E-state index in [2.05, 4.69) is 13.8 Å². The molecular formula is C11H18N2S. The summed E-state index contributed by atoms with van der Waals surface area (Å²) in [4.78, 5) is 6.04. The zero-order valence-electron chi connectivity index (χ0n) is 8.97. The van der Waals surface area contributed by atoms with E-state index in [0.29, 0.717) is 12.0 Å². The minimum Gasteiger partial charge on any atom is -0.326 e. The molecule has 0 spiro atoms. The third-order valence-electron chi connectivity index (χ3n) is 2.97. The Morgan fingerprint density at radius 1 is 1.50 bits per heavy atom. The molecule has 14 heavy (non-hydrogen) atoms. The molecule has 3 heteroatoms. The largest absolute Gasteiger partial charge is 0.326 e. The second kappa shape index (κ2) is 3.63. The fourth-order valence-corrected chi connectivity index (χ4v) is 2.82. The van der Waals surface area contributed by atoms with E-state index in [1.165, 1.54) is 28.4 Å². The van der Waals surface area contributed by atoms with Crippen molar-refractivity contribution in [3.8, 4) is 0 Å². The molecule has 1 aliphatic carbocycles. The van der Waals surface area contributed by atoms with Crippen molar-refractivity contribution in [2.45, 2.75) is 51.5 Å². The molecule has 2 nitrogen and oxygen atoms in total. The number of hydrogen-bond acceptors (Lipinski definition) is 3. The van der Waals surface area contributed by atoms with Gasteiger partial charge < -0.3 is 5.73 Å². The molecule has 2 rings (SSSR count). The van der Waals surface area contributed by atoms with Crippen LogP contribution in [0.15, 0.2) is 0 Å². The summed E-state index contributed by atoms with van der Waals surface area (Å²) in [5.41, 5.74) is 7.38. The van der Waals surface area contributed by atoms with E-state index in [0.717, 1.165) is 12.8 Å². The second-order valence-electron chi connectivity index (χ2n) is 4.40. The first-order chi connectivity index (χ1) is 6.69. The molecule has 1 heterocycles. The number of hydrogen-bond donors (Lipinski definition) is 1. The fourth-order valence-electron chi connectivity index (χ4n) is 1.63. The maximum Gasteiger partial charge on any atom is 0.0990 e. The molecule has 0 aliphatic heterocycles. The molecular weight excluding hydrogens is 192 g/mol. The van der Waals surface area contributed by atoms with Gasteiger partial charge >= 0.3 is 0 Å². The molecule has 1 aliphatic rings. The predicted molar refractivity (Wildman–Crippen MR) is 60.6 cm³/mol. The van der Waals surface area contributed by atoms with Crippen LogP contribution in [0.4, 0.5) is 0 Å². The molecule has 0 amide bonds. The lowest BCUT2D eigenvalue weighted by Crippen LogP contribution is -1.99. The minimum atomic E-state index is 0.403. The van der Waals surface area contributed by atoms with Gasteiger partial charge in [0.25, 0.3) is 0 Å². The average Bonchev–Trinajstić information content (AvgIpc) is 2.79. The van der Waals surface area contributed by atoms with Gasteiger partial charge in [0.1, 0.15) is 0 Å². The van der Waals surface area contributed by atoms with Crippen LogP contribution >= 0.6 is 11.3 Å². The van der Waals surface area contributed by atoms with E-state index in [-0.39, 0.29) is 0 Å². The van der Waals surface area contributed by atoms with Gasteiger partial charge in [-0.15, -0.1) is 11.3 Å². The first-order valence-corrected chi connectivity index (χ1v) is 6.20. The summed E-state index contributed by atoms with van der Waals surface area (Å²) in [7, 11) is 0. The molecule has 78 valence electrons. The van der Waals surface area contributed by atoms with E-state index in [4.69, 9.17) is 10.7 Å². The standard InChI is InChI=1S/C11H18N2S/c1-3-4-8-9(7-12)14-10(13-8)11(2)5-6-11/h3-7,12H2,1-2H3. The van der Waals surface area contributed by atoms with Crippen LogP contribution in [0, 0.1) is 0 Å². The summed E-state index contributed by atoms with van der Waals surface area (Å²) in [5.74, 6) is 0. The van der Waals surface area contributed by atoms with Gasteiger partial charge in [-0.2, -0.15) is 0 Å². The van der Waals surface area contributed by atoms with Crippen molar-refractivity contribution in [1.29, 1.82) is 0 Å². The molecule has 0 bridgehead atoms. The van der Waals surface area contributed by atoms with Crippen LogP contribution in [0.1, 0.15) is 48.7 Å². The van der Waals surface area contributed by atoms with Gasteiger partial charge in [0, 0.05) is 16.8 Å². The topological polar surface area (TPSA) is 38.9 Å². The summed E-state index contributed by atoms with van der Waals surface area (Å²) < 4.78 is 0. The zero-order chi connectivity index (χ0) is 10.2. The van der Waals surface area contributed by atoms with Gasteiger partial charge in [-0.25, -0.2) is 4.98 Å². The SMILES string of the molecule is CCCc1nc(C2(C)CC2)sc1CN. The lowest BCUT2D eigenvalue weighted by Gasteiger charge is -2.00. The Morgan fingerprint density at radius 2 is 2.21 bits per heavy atom. The Morgan fingerprint density at radius 3 is 2.71 bits per heavy atom. The number of aryl methyl sites for hydroxylation is 1. The second-order valence-corrected chi connectivity index (χ2v) is 5.49. The number of nitrogens with zero attached hydrogens (tertiary/aromatic N) is 1. The van der Waals surface area contributed by atoms with Crippen molar-refractivity contribution in [1.82, 2.24) is 4.98 Å². The van der Waals surface area contributed by atoms with Crippen LogP contribution < -0.4 is 5.73 Å². The van der Waals surface area contributed by atoms with Crippen LogP contribution in [0.25, 0.3) is 0 Å². The highest BCUT2D eigenvalue weighted by atomic mass is 32.1. The molecule has 0 unspecified atom stereocenters. The van der Waals surface area contributed by atoms with Crippen molar-refractivity contribution < 1.29 is 0 Å².